The molecule has 2 aromatic carbocycles. The first-order valence-corrected chi connectivity index (χ1v) is 12.2. The highest BCUT2D eigenvalue weighted by atomic mass is 32.2. The zero-order valence-corrected chi connectivity index (χ0v) is 20.3. The number of rotatable bonds is 6. The zero-order valence-electron chi connectivity index (χ0n) is 19.4. The Morgan fingerprint density at radius 2 is 1.74 bits per heavy atom. The van der Waals surface area contributed by atoms with E-state index in [1.54, 1.807) is 25.3 Å². The molecule has 0 saturated carbocycles. The maximum atomic E-state index is 15.1. The summed E-state index contributed by atoms with van der Waals surface area (Å²) in [7, 11) is -0.937. The maximum absolute atomic E-state index is 15.1. The van der Waals surface area contributed by atoms with Crippen molar-refractivity contribution >= 4 is 22.0 Å². The highest BCUT2D eigenvalue weighted by Gasteiger charge is 2.49. The van der Waals surface area contributed by atoms with Gasteiger partial charge in [-0.3, -0.25) is 14.7 Å². The summed E-state index contributed by atoms with van der Waals surface area (Å²) < 4.78 is 48.7. The predicted octanol–water partition coefficient (Wildman–Crippen LogP) is 2.57. The Labute approximate surface area is 202 Å². The summed E-state index contributed by atoms with van der Waals surface area (Å²) in [5.74, 6) is -0.802. The third-order valence-corrected chi connectivity index (χ3v) is 6.11. The molecular weight excluding hydrogens is 475 g/mol. The molecule has 1 unspecified atom stereocenters. The third-order valence-electron chi connectivity index (χ3n) is 5.61. The van der Waals surface area contributed by atoms with E-state index in [2.05, 4.69) is 9.98 Å². The number of hydrogen-bond acceptors (Lipinski definition) is 8. The van der Waals surface area contributed by atoms with Crippen LogP contribution in [0.1, 0.15) is 16.8 Å². The number of pyridine rings is 1. The van der Waals surface area contributed by atoms with Crippen LogP contribution in [0.3, 0.4) is 0 Å². The maximum Gasteiger partial charge on any atom is 0.306 e. The van der Waals surface area contributed by atoms with Crippen LogP contribution in [0.4, 0.5) is 4.39 Å². The Morgan fingerprint density at radius 1 is 1.06 bits per heavy atom. The number of halogens is 1. The van der Waals surface area contributed by atoms with E-state index in [-0.39, 0.29) is 28.6 Å². The molecule has 0 bridgehead atoms. The minimum Gasteiger partial charge on any atom is -0.497 e. The molecule has 11 heteroatoms. The molecule has 0 saturated heterocycles. The quantitative estimate of drug-likeness (QED) is 0.518. The molecule has 0 fully saturated rings. The number of guanidine groups is 1. The lowest BCUT2D eigenvalue weighted by Gasteiger charge is -2.27. The van der Waals surface area contributed by atoms with Gasteiger partial charge in [0.2, 0.25) is 0 Å². The van der Waals surface area contributed by atoms with E-state index in [1.807, 2.05) is 0 Å². The van der Waals surface area contributed by atoms with Crippen molar-refractivity contribution in [3.05, 3.63) is 77.4 Å². The van der Waals surface area contributed by atoms with Crippen molar-refractivity contribution in [1.82, 2.24) is 9.88 Å². The second-order valence-corrected chi connectivity index (χ2v) is 9.68. The van der Waals surface area contributed by atoms with E-state index in [1.165, 1.54) is 55.5 Å². The molecule has 1 amide bonds. The van der Waals surface area contributed by atoms with Crippen molar-refractivity contribution in [3.8, 4) is 22.6 Å². The van der Waals surface area contributed by atoms with Crippen molar-refractivity contribution < 1.29 is 26.5 Å². The van der Waals surface area contributed by atoms with Gasteiger partial charge in [0.1, 0.15) is 17.3 Å². The van der Waals surface area contributed by atoms with Gasteiger partial charge < -0.3 is 14.7 Å². The average Bonchev–Trinajstić information content (AvgIpc) is 3.02. The second-order valence-electron chi connectivity index (χ2n) is 8.11. The molecule has 1 atom stereocenters. The number of carbonyl (C=O) groups excluding carboxylic acids is 1. The topological polar surface area (TPSA) is 124 Å². The normalized spacial score (nSPS) is 17.9. The molecule has 2 heterocycles. The molecule has 0 aliphatic carbocycles. The van der Waals surface area contributed by atoms with Crippen molar-refractivity contribution in [2.24, 2.45) is 10.7 Å². The fraction of sp³-hybridized carbons (Fsp3) is 0.208. The smallest absolute Gasteiger partial charge is 0.306 e. The number of ether oxygens (including phenoxy) is 1. The number of nitrogens with zero attached hydrogens (tertiary/aromatic N) is 3. The molecule has 4 rings (SSSR count). The van der Waals surface area contributed by atoms with Crippen molar-refractivity contribution in [3.63, 3.8) is 0 Å². The lowest BCUT2D eigenvalue weighted by atomic mass is 9.81. The van der Waals surface area contributed by atoms with Crippen LogP contribution in [-0.2, 0) is 20.5 Å². The standard InChI is InChI=1S/C24H23FN4O5S/c1-14-9-17(7-8-27-14)24(22(30)29(2)23(26)28-24)16-5-6-21(25)20(12-16)15-10-18(33-3)13-19(11-15)34-35(4,31)32/h5-13H,1-4H3,(H2,26,28). The molecule has 182 valence electrons. The lowest BCUT2D eigenvalue weighted by molar-refractivity contribution is -0.129. The van der Waals surface area contributed by atoms with Gasteiger partial charge in [0.05, 0.1) is 13.4 Å². The molecule has 1 aromatic heterocycles. The van der Waals surface area contributed by atoms with Crippen molar-refractivity contribution in [1.29, 1.82) is 0 Å². The Balaban J connectivity index is 1.95. The highest BCUT2D eigenvalue weighted by molar-refractivity contribution is 7.86. The van der Waals surface area contributed by atoms with Crippen LogP contribution in [-0.4, -0.2) is 50.6 Å². The number of carbonyl (C=O) groups is 1. The summed E-state index contributed by atoms with van der Waals surface area (Å²) in [4.78, 5) is 23.5. The number of aliphatic imine (C=N–C) groups is 1. The number of aryl methyl sites for hydroxylation is 1. The molecule has 35 heavy (non-hydrogen) atoms. The van der Waals surface area contributed by atoms with E-state index < -0.39 is 27.4 Å². The van der Waals surface area contributed by atoms with Gasteiger partial charge in [0, 0.05) is 30.6 Å². The van der Waals surface area contributed by atoms with Gasteiger partial charge in [-0.2, -0.15) is 8.42 Å². The Bertz CT molecular complexity index is 1470. The summed E-state index contributed by atoms with van der Waals surface area (Å²) in [5, 5.41) is 0. The molecule has 0 radical (unpaired) electrons. The van der Waals surface area contributed by atoms with Crippen LogP contribution in [0, 0.1) is 12.7 Å². The fourth-order valence-electron chi connectivity index (χ4n) is 3.99. The van der Waals surface area contributed by atoms with Crippen LogP contribution in [0.25, 0.3) is 11.1 Å². The molecule has 0 spiro atoms. The van der Waals surface area contributed by atoms with Gasteiger partial charge >= 0.3 is 10.1 Å². The molecule has 3 aromatic rings. The van der Waals surface area contributed by atoms with Crippen LogP contribution in [0.15, 0.2) is 59.7 Å². The summed E-state index contributed by atoms with van der Waals surface area (Å²) in [6, 6.07) is 11.8. The molecule has 1 aliphatic rings. The third kappa shape index (κ3) is 4.42. The first-order valence-electron chi connectivity index (χ1n) is 10.4. The van der Waals surface area contributed by atoms with Gasteiger partial charge in [-0.1, -0.05) is 6.07 Å². The Kier molecular flexibility index (Phi) is 5.97. The molecule has 2 N–H and O–H groups in total. The SMILES string of the molecule is COc1cc(OS(C)(=O)=O)cc(-c2cc(C3(c4ccnc(C)c4)N=C(N)N(C)C3=O)ccc2F)c1. The summed E-state index contributed by atoms with van der Waals surface area (Å²) in [5.41, 5.74) is 6.38. The van der Waals surface area contributed by atoms with Gasteiger partial charge in [0.15, 0.2) is 11.5 Å². The Hall–Kier alpha value is -3.99. The van der Waals surface area contributed by atoms with E-state index in [9.17, 15) is 13.2 Å². The second kappa shape index (κ2) is 8.66. The van der Waals surface area contributed by atoms with E-state index in [4.69, 9.17) is 14.7 Å². The monoisotopic (exact) mass is 498 g/mol. The number of methoxy groups -OCH3 is 1. The number of amides is 1. The van der Waals surface area contributed by atoms with E-state index in [0.29, 0.717) is 16.8 Å². The molecule has 9 nitrogen and oxygen atoms in total. The highest BCUT2D eigenvalue weighted by Crippen LogP contribution is 2.42. The van der Waals surface area contributed by atoms with Crippen LogP contribution < -0.4 is 14.7 Å². The Morgan fingerprint density at radius 3 is 2.34 bits per heavy atom. The fourth-order valence-corrected chi connectivity index (χ4v) is 4.44. The molecule has 1 aliphatic heterocycles. The van der Waals surface area contributed by atoms with E-state index >= 15 is 4.39 Å². The summed E-state index contributed by atoms with van der Waals surface area (Å²) in [6.07, 6.45) is 2.46. The lowest BCUT2D eigenvalue weighted by Crippen LogP contribution is -2.41. The van der Waals surface area contributed by atoms with Crippen LogP contribution >= 0.6 is 0 Å². The average molecular weight is 499 g/mol. The van der Waals surface area contributed by atoms with Crippen LogP contribution in [0.5, 0.6) is 11.5 Å². The zero-order chi connectivity index (χ0) is 25.5. The van der Waals surface area contributed by atoms with Gasteiger partial charge in [-0.15, -0.1) is 0 Å². The first kappa shape index (κ1) is 24.1. The first-order chi connectivity index (χ1) is 16.4. The molecular formula is C24H23FN4O5S. The number of aromatic nitrogens is 1. The van der Waals surface area contributed by atoms with E-state index in [0.717, 1.165) is 6.26 Å². The summed E-state index contributed by atoms with van der Waals surface area (Å²) in [6.45, 7) is 1.78. The summed E-state index contributed by atoms with van der Waals surface area (Å²) >= 11 is 0. The number of hydrogen-bond donors (Lipinski definition) is 1. The van der Waals surface area contributed by atoms with Crippen molar-refractivity contribution in [2.45, 2.75) is 12.5 Å². The van der Waals surface area contributed by atoms with Crippen LogP contribution in [0.2, 0.25) is 0 Å². The largest absolute Gasteiger partial charge is 0.497 e. The number of likely N-dealkylation sites (N-methyl/N-ethyl adjacent to an activating group) is 1. The van der Waals surface area contributed by atoms with Gasteiger partial charge in [-0.25, -0.2) is 9.38 Å². The minimum absolute atomic E-state index is 0.0144. The van der Waals surface area contributed by atoms with Gasteiger partial charge in [-0.05, 0) is 60.0 Å². The number of benzene rings is 2. The minimum atomic E-state index is -3.84. The number of nitrogens with two attached hydrogens (primary N) is 1. The predicted molar refractivity (Wildman–Crippen MR) is 128 cm³/mol. The van der Waals surface area contributed by atoms with Gasteiger partial charge in [0.25, 0.3) is 5.91 Å². The van der Waals surface area contributed by atoms with Crippen molar-refractivity contribution in [2.75, 3.05) is 20.4 Å².